The summed E-state index contributed by atoms with van der Waals surface area (Å²) >= 11 is 0. The van der Waals surface area contributed by atoms with Crippen LogP contribution < -0.4 is 0 Å². The molecule has 3 aromatic rings. The number of nitrogens with zero attached hydrogens (tertiary/aromatic N) is 3. The molecule has 1 atom stereocenters. The highest BCUT2D eigenvalue weighted by Gasteiger charge is 2.26. The first kappa shape index (κ1) is 20.6. The number of morpholine rings is 1. The van der Waals surface area contributed by atoms with Gasteiger partial charge in [-0.25, -0.2) is 4.79 Å². The van der Waals surface area contributed by atoms with Gasteiger partial charge in [0.15, 0.2) is 0 Å². The predicted octanol–water partition coefficient (Wildman–Crippen LogP) is 4.27. The van der Waals surface area contributed by atoms with Crippen molar-refractivity contribution in [3.05, 3.63) is 59.5 Å². The molecule has 1 unspecified atom stereocenters. The van der Waals surface area contributed by atoms with Crippen LogP contribution >= 0.6 is 0 Å². The number of ether oxygens (including phenoxy) is 2. The van der Waals surface area contributed by atoms with Crippen molar-refractivity contribution in [1.82, 2.24) is 14.3 Å². The average Bonchev–Trinajstić information content (AvgIpc) is 3.17. The van der Waals surface area contributed by atoms with Gasteiger partial charge >= 0.3 is 5.97 Å². The summed E-state index contributed by atoms with van der Waals surface area (Å²) in [5.74, 6) is -0.277. The number of carbonyl (C=O) groups is 1. The topological polar surface area (TPSA) is 56.1 Å². The van der Waals surface area contributed by atoms with Gasteiger partial charge in [0, 0.05) is 48.3 Å². The number of esters is 1. The second kappa shape index (κ2) is 8.58. The first-order chi connectivity index (χ1) is 14.5. The zero-order chi connectivity index (χ0) is 21.3. The molecule has 1 aliphatic rings. The fourth-order valence-electron chi connectivity index (χ4n) is 4.19. The minimum absolute atomic E-state index is 0.132. The molecule has 0 N–H and O–H groups in total. The zero-order valence-corrected chi connectivity index (χ0v) is 18.1. The fraction of sp³-hybridized carbons (Fsp3) is 0.417. The van der Waals surface area contributed by atoms with Gasteiger partial charge in [-0.1, -0.05) is 6.07 Å². The summed E-state index contributed by atoms with van der Waals surface area (Å²) in [6.45, 7) is 11.2. The van der Waals surface area contributed by atoms with E-state index in [-0.39, 0.29) is 18.1 Å². The molecule has 30 heavy (non-hydrogen) atoms. The van der Waals surface area contributed by atoms with Crippen LogP contribution in [0.2, 0.25) is 0 Å². The van der Waals surface area contributed by atoms with Crippen LogP contribution in [0.1, 0.15) is 48.4 Å². The monoisotopic (exact) mass is 407 g/mol. The molecule has 158 valence electrons. The Kier molecular flexibility index (Phi) is 5.88. The third-order valence-corrected chi connectivity index (χ3v) is 5.70. The number of hydrogen-bond donors (Lipinski definition) is 0. The van der Waals surface area contributed by atoms with Gasteiger partial charge in [-0.3, -0.25) is 9.88 Å². The van der Waals surface area contributed by atoms with Crippen molar-refractivity contribution in [3.63, 3.8) is 0 Å². The summed E-state index contributed by atoms with van der Waals surface area (Å²) in [6.07, 6.45) is 3.75. The molecular weight excluding hydrogens is 378 g/mol. The Morgan fingerprint density at radius 3 is 2.60 bits per heavy atom. The largest absolute Gasteiger partial charge is 0.459 e. The van der Waals surface area contributed by atoms with Crippen LogP contribution in [-0.4, -0.2) is 52.7 Å². The van der Waals surface area contributed by atoms with E-state index in [1.54, 1.807) is 6.20 Å². The average molecular weight is 408 g/mol. The van der Waals surface area contributed by atoms with Gasteiger partial charge in [-0.2, -0.15) is 0 Å². The molecule has 0 spiro atoms. The predicted molar refractivity (Wildman–Crippen MR) is 117 cm³/mol. The van der Waals surface area contributed by atoms with Gasteiger partial charge in [-0.05, 0) is 57.5 Å². The smallest absolute Gasteiger partial charge is 0.338 e. The molecule has 6 heteroatoms. The number of fused-ring (bicyclic) bond motifs is 1. The van der Waals surface area contributed by atoms with Gasteiger partial charge in [0.25, 0.3) is 0 Å². The molecule has 4 rings (SSSR count). The van der Waals surface area contributed by atoms with Crippen molar-refractivity contribution in [2.45, 2.75) is 39.8 Å². The maximum Gasteiger partial charge on any atom is 0.338 e. The van der Waals surface area contributed by atoms with Crippen LogP contribution in [-0.2, 0) is 9.47 Å². The Morgan fingerprint density at radius 1 is 1.17 bits per heavy atom. The number of hydrogen-bond acceptors (Lipinski definition) is 5. The van der Waals surface area contributed by atoms with E-state index in [9.17, 15) is 4.79 Å². The van der Waals surface area contributed by atoms with Crippen molar-refractivity contribution in [1.29, 1.82) is 0 Å². The molecule has 3 aromatic heterocycles. The van der Waals surface area contributed by atoms with Crippen LogP contribution in [0.5, 0.6) is 0 Å². The highest BCUT2D eigenvalue weighted by atomic mass is 16.5. The number of rotatable bonds is 5. The lowest BCUT2D eigenvalue weighted by Crippen LogP contribution is -2.39. The Bertz CT molecular complexity index is 1040. The highest BCUT2D eigenvalue weighted by Crippen LogP contribution is 2.32. The number of carbonyl (C=O) groups excluding carboxylic acids is 1. The summed E-state index contributed by atoms with van der Waals surface area (Å²) in [4.78, 5) is 19.8. The Labute approximate surface area is 177 Å². The molecular formula is C24H29N3O3. The lowest BCUT2D eigenvalue weighted by Gasteiger charge is -2.34. The van der Waals surface area contributed by atoms with Crippen molar-refractivity contribution in [2.24, 2.45) is 0 Å². The lowest BCUT2D eigenvalue weighted by atomic mass is 10.0. The summed E-state index contributed by atoms with van der Waals surface area (Å²) in [6, 6.07) is 10.0. The van der Waals surface area contributed by atoms with Gasteiger partial charge < -0.3 is 13.9 Å². The maximum absolute atomic E-state index is 12.9. The van der Waals surface area contributed by atoms with E-state index in [4.69, 9.17) is 9.47 Å². The molecule has 0 saturated carbocycles. The van der Waals surface area contributed by atoms with E-state index in [1.807, 2.05) is 45.0 Å². The van der Waals surface area contributed by atoms with Crippen molar-refractivity contribution >= 4 is 11.5 Å². The van der Waals surface area contributed by atoms with E-state index in [0.29, 0.717) is 5.56 Å². The van der Waals surface area contributed by atoms with E-state index in [1.165, 1.54) is 0 Å². The molecule has 0 amide bonds. The number of pyridine rings is 2. The Balaban J connectivity index is 1.87. The minimum atomic E-state index is -0.277. The normalized spacial score (nSPS) is 16.2. The van der Waals surface area contributed by atoms with E-state index >= 15 is 0 Å². The van der Waals surface area contributed by atoms with Crippen molar-refractivity contribution < 1.29 is 14.3 Å². The summed E-state index contributed by atoms with van der Waals surface area (Å²) < 4.78 is 13.3. The highest BCUT2D eigenvalue weighted by molar-refractivity contribution is 5.93. The molecule has 1 fully saturated rings. The first-order valence-corrected chi connectivity index (χ1v) is 10.6. The SMILES string of the molecule is Cc1c(C(=O)OC(C)C)cc2cc(-c3ccccn3)cn2c1C(C)N1CCOCC1. The lowest BCUT2D eigenvalue weighted by molar-refractivity contribution is 0.0186. The standard InChI is InChI=1S/C24H29N3O3/c1-16(2)30-24(28)21-14-20-13-19(22-7-5-6-8-25-22)15-27(20)23(17(21)3)18(4)26-9-11-29-12-10-26/h5-8,13-16,18H,9-12H2,1-4H3. The molecule has 1 saturated heterocycles. The second-order valence-electron chi connectivity index (χ2n) is 8.09. The van der Waals surface area contributed by atoms with E-state index < -0.39 is 0 Å². The van der Waals surface area contributed by atoms with Gasteiger partial charge in [0.05, 0.1) is 30.6 Å². The second-order valence-corrected chi connectivity index (χ2v) is 8.09. The Morgan fingerprint density at radius 2 is 1.93 bits per heavy atom. The van der Waals surface area contributed by atoms with Crippen LogP contribution in [0.3, 0.4) is 0 Å². The Hall–Kier alpha value is -2.70. The van der Waals surface area contributed by atoms with Crippen LogP contribution in [0.15, 0.2) is 42.7 Å². The number of aromatic nitrogens is 2. The first-order valence-electron chi connectivity index (χ1n) is 10.6. The van der Waals surface area contributed by atoms with E-state index in [0.717, 1.165) is 54.3 Å². The van der Waals surface area contributed by atoms with Crippen LogP contribution in [0.25, 0.3) is 16.8 Å². The van der Waals surface area contributed by atoms with Crippen LogP contribution in [0, 0.1) is 6.92 Å². The molecule has 1 aliphatic heterocycles. The maximum atomic E-state index is 12.9. The van der Waals surface area contributed by atoms with Gasteiger partial charge in [0.1, 0.15) is 0 Å². The third kappa shape index (κ3) is 3.98. The third-order valence-electron chi connectivity index (χ3n) is 5.70. The van der Waals surface area contributed by atoms with Crippen molar-refractivity contribution in [3.8, 4) is 11.3 Å². The van der Waals surface area contributed by atoms with Gasteiger partial charge in [-0.15, -0.1) is 0 Å². The summed E-state index contributed by atoms with van der Waals surface area (Å²) in [7, 11) is 0. The molecule has 0 radical (unpaired) electrons. The molecule has 0 aromatic carbocycles. The summed E-state index contributed by atoms with van der Waals surface area (Å²) in [5, 5.41) is 0. The molecule has 6 nitrogen and oxygen atoms in total. The van der Waals surface area contributed by atoms with E-state index in [2.05, 4.69) is 33.5 Å². The molecule has 0 bridgehead atoms. The minimum Gasteiger partial charge on any atom is -0.459 e. The summed E-state index contributed by atoms with van der Waals surface area (Å²) in [5.41, 5.74) is 5.58. The molecule has 4 heterocycles. The quantitative estimate of drug-likeness (QED) is 0.591. The fourth-order valence-corrected chi connectivity index (χ4v) is 4.19. The van der Waals surface area contributed by atoms with Crippen molar-refractivity contribution in [2.75, 3.05) is 26.3 Å². The zero-order valence-electron chi connectivity index (χ0n) is 18.1. The molecule has 0 aliphatic carbocycles. The van der Waals surface area contributed by atoms with Gasteiger partial charge in [0.2, 0.25) is 0 Å². The van der Waals surface area contributed by atoms with Crippen LogP contribution in [0.4, 0.5) is 0 Å².